The fourth-order valence-electron chi connectivity index (χ4n) is 2.40. The number of aromatic nitrogens is 1. The molecular formula is C14H21N3O3. The van der Waals surface area contributed by atoms with E-state index in [4.69, 9.17) is 4.74 Å². The fourth-order valence-corrected chi connectivity index (χ4v) is 2.40. The zero-order valence-electron chi connectivity index (χ0n) is 11.7. The molecule has 20 heavy (non-hydrogen) atoms. The van der Waals surface area contributed by atoms with E-state index in [1.807, 2.05) is 0 Å². The molecule has 0 radical (unpaired) electrons. The van der Waals surface area contributed by atoms with Crippen molar-refractivity contribution < 1.29 is 9.53 Å². The van der Waals surface area contributed by atoms with Gasteiger partial charge in [-0.2, -0.15) is 0 Å². The SMILES string of the molecule is COCCN(CC1CCCN1)C(=O)c1cccc(=O)[nH]1. The van der Waals surface area contributed by atoms with Crippen molar-refractivity contribution in [2.45, 2.75) is 18.9 Å². The van der Waals surface area contributed by atoms with Gasteiger partial charge in [0.15, 0.2) is 0 Å². The predicted molar refractivity (Wildman–Crippen MR) is 75.9 cm³/mol. The maximum atomic E-state index is 12.5. The van der Waals surface area contributed by atoms with Crippen LogP contribution in [0.5, 0.6) is 0 Å². The molecule has 0 aromatic carbocycles. The number of hydrogen-bond acceptors (Lipinski definition) is 4. The average Bonchev–Trinajstić information content (AvgIpc) is 2.95. The molecule has 1 unspecified atom stereocenters. The maximum absolute atomic E-state index is 12.5. The van der Waals surface area contributed by atoms with E-state index in [-0.39, 0.29) is 11.5 Å². The Morgan fingerprint density at radius 3 is 3.00 bits per heavy atom. The van der Waals surface area contributed by atoms with E-state index in [0.29, 0.717) is 31.4 Å². The molecule has 1 atom stereocenters. The largest absolute Gasteiger partial charge is 0.383 e. The Bertz CT molecular complexity index is 494. The van der Waals surface area contributed by atoms with E-state index >= 15 is 0 Å². The van der Waals surface area contributed by atoms with E-state index in [2.05, 4.69) is 10.3 Å². The molecule has 1 amide bonds. The van der Waals surface area contributed by atoms with Gasteiger partial charge in [-0.05, 0) is 25.5 Å². The molecular weight excluding hydrogens is 258 g/mol. The van der Waals surface area contributed by atoms with Crippen molar-refractivity contribution in [2.75, 3.05) is 33.4 Å². The lowest BCUT2D eigenvalue weighted by Crippen LogP contribution is -2.43. The number of aromatic amines is 1. The summed E-state index contributed by atoms with van der Waals surface area (Å²) < 4.78 is 5.06. The molecule has 0 saturated carbocycles. The first-order valence-corrected chi connectivity index (χ1v) is 6.91. The van der Waals surface area contributed by atoms with E-state index in [1.165, 1.54) is 6.07 Å². The van der Waals surface area contributed by atoms with Gasteiger partial charge in [0.25, 0.3) is 5.91 Å². The molecule has 1 saturated heterocycles. The van der Waals surface area contributed by atoms with Crippen LogP contribution in [0.2, 0.25) is 0 Å². The Morgan fingerprint density at radius 2 is 2.35 bits per heavy atom. The van der Waals surface area contributed by atoms with E-state index in [0.717, 1.165) is 19.4 Å². The molecule has 2 N–H and O–H groups in total. The van der Waals surface area contributed by atoms with E-state index in [9.17, 15) is 9.59 Å². The predicted octanol–water partition coefficient (Wildman–Crippen LogP) is 0.215. The molecule has 2 heterocycles. The molecule has 2 rings (SSSR count). The van der Waals surface area contributed by atoms with Crippen LogP contribution in [0.1, 0.15) is 23.3 Å². The lowest BCUT2D eigenvalue weighted by molar-refractivity contribution is 0.0673. The number of amides is 1. The number of nitrogens with one attached hydrogen (secondary N) is 2. The molecule has 110 valence electrons. The van der Waals surface area contributed by atoms with Crippen LogP contribution in [0, 0.1) is 0 Å². The smallest absolute Gasteiger partial charge is 0.270 e. The normalized spacial score (nSPS) is 18.1. The highest BCUT2D eigenvalue weighted by atomic mass is 16.5. The van der Waals surface area contributed by atoms with Crippen LogP contribution in [0.3, 0.4) is 0 Å². The monoisotopic (exact) mass is 279 g/mol. The van der Waals surface area contributed by atoms with Gasteiger partial charge >= 0.3 is 0 Å². The lowest BCUT2D eigenvalue weighted by atomic mass is 10.2. The van der Waals surface area contributed by atoms with Gasteiger partial charge in [0.05, 0.1) is 6.61 Å². The number of carbonyl (C=O) groups is 1. The number of carbonyl (C=O) groups excluding carboxylic acids is 1. The Labute approximate surface area is 118 Å². The molecule has 1 aliphatic heterocycles. The summed E-state index contributed by atoms with van der Waals surface area (Å²) in [5.41, 5.74) is 0.0631. The zero-order valence-corrected chi connectivity index (χ0v) is 11.7. The molecule has 1 aliphatic rings. The van der Waals surface area contributed by atoms with Crippen molar-refractivity contribution in [3.05, 3.63) is 34.2 Å². The second-order valence-electron chi connectivity index (χ2n) is 4.97. The van der Waals surface area contributed by atoms with Crippen molar-refractivity contribution in [2.24, 2.45) is 0 Å². The van der Waals surface area contributed by atoms with Gasteiger partial charge in [0.1, 0.15) is 5.69 Å². The summed E-state index contributed by atoms with van der Waals surface area (Å²) >= 11 is 0. The van der Waals surface area contributed by atoms with E-state index < -0.39 is 0 Å². The standard InChI is InChI=1S/C14H21N3O3/c1-20-9-8-17(10-11-4-3-7-15-11)14(19)12-5-2-6-13(18)16-12/h2,5-6,11,15H,3-4,7-10H2,1H3,(H,16,18). The highest BCUT2D eigenvalue weighted by molar-refractivity contribution is 5.92. The number of pyridine rings is 1. The quantitative estimate of drug-likeness (QED) is 0.781. The molecule has 0 aliphatic carbocycles. The van der Waals surface area contributed by atoms with Crippen molar-refractivity contribution >= 4 is 5.91 Å². The first kappa shape index (κ1) is 14.7. The third-order valence-corrected chi connectivity index (χ3v) is 3.45. The number of hydrogen-bond donors (Lipinski definition) is 2. The summed E-state index contributed by atoms with van der Waals surface area (Å²) in [6.07, 6.45) is 2.21. The van der Waals surface area contributed by atoms with Crippen LogP contribution >= 0.6 is 0 Å². The summed E-state index contributed by atoms with van der Waals surface area (Å²) in [7, 11) is 1.61. The van der Waals surface area contributed by atoms with Crippen molar-refractivity contribution in [3.8, 4) is 0 Å². The zero-order chi connectivity index (χ0) is 14.4. The summed E-state index contributed by atoms with van der Waals surface area (Å²) in [6.45, 7) is 2.64. The third-order valence-electron chi connectivity index (χ3n) is 3.45. The Kier molecular flexibility index (Phi) is 5.31. The minimum Gasteiger partial charge on any atom is -0.383 e. The number of methoxy groups -OCH3 is 1. The minimum atomic E-state index is -0.262. The molecule has 0 bridgehead atoms. The highest BCUT2D eigenvalue weighted by Gasteiger charge is 2.22. The summed E-state index contributed by atoms with van der Waals surface area (Å²) in [5.74, 6) is -0.159. The highest BCUT2D eigenvalue weighted by Crippen LogP contribution is 2.09. The Morgan fingerprint density at radius 1 is 1.50 bits per heavy atom. The minimum absolute atomic E-state index is 0.159. The van der Waals surface area contributed by atoms with Gasteiger partial charge < -0.3 is 19.9 Å². The fraction of sp³-hybridized carbons (Fsp3) is 0.571. The second-order valence-corrected chi connectivity index (χ2v) is 4.97. The molecule has 1 aromatic rings. The second kappa shape index (κ2) is 7.21. The van der Waals surface area contributed by atoms with E-state index in [1.54, 1.807) is 24.1 Å². The molecule has 6 nitrogen and oxygen atoms in total. The van der Waals surface area contributed by atoms with Gasteiger partial charge in [0.2, 0.25) is 5.56 Å². The van der Waals surface area contributed by atoms with Gasteiger partial charge in [-0.1, -0.05) is 6.07 Å². The third kappa shape index (κ3) is 3.91. The summed E-state index contributed by atoms with van der Waals surface area (Å²) in [4.78, 5) is 28.1. The van der Waals surface area contributed by atoms with Gasteiger partial charge in [-0.15, -0.1) is 0 Å². The Balaban J connectivity index is 2.07. The Hall–Kier alpha value is -1.66. The lowest BCUT2D eigenvalue weighted by Gasteiger charge is -2.25. The van der Waals surface area contributed by atoms with Crippen molar-refractivity contribution in [1.82, 2.24) is 15.2 Å². The molecule has 0 spiro atoms. The molecule has 1 aromatic heterocycles. The number of ether oxygens (including phenoxy) is 1. The average molecular weight is 279 g/mol. The summed E-state index contributed by atoms with van der Waals surface area (Å²) in [5, 5.41) is 3.37. The number of rotatable bonds is 6. The van der Waals surface area contributed by atoms with Crippen LogP contribution < -0.4 is 10.9 Å². The summed E-state index contributed by atoms with van der Waals surface area (Å²) in [6, 6.07) is 4.95. The number of nitrogens with zero attached hydrogens (tertiary/aromatic N) is 1. The molecule has 6 heteroatoms. The van der Waals surface area contributed by atoms with Gasteiger partial charge in [-0.25, -0.2) is 0 Å². The van der Waals surface area contributed by atoms with Crippen LogP contribution in [0.15, 0.2) is 23.0 Å². The topological polar surface area (TPSA) is 74.4 Å². The van der Waals surface area contributed by atoms with Crippen LogP contribution in [0.4, 0.5) is 0 Å². The van der Waals surface area contributed by atoms with Crippen LogP contribution in [-0.2, 0) is 4.74 Å². The first-order valence-electron chi connectivity index (χ1n) is 6.91. The molecule has 1 fully saturated rings. The van der Waals surface area contributed by atoms with Crippen molar-refractivity contribution in [3.63, 3.8) is 0 Å². The van der Waals surface area contributed by atoms with Crippen LogP contribution in [-0.4, -0.2) is 55.2 Å². The number of H-pyrrole nitrogens is 1. The van der Waals surface area contributed by atoms with Crippen LogP contribution in [0.25, 0.3) is 0 Å². The van der Waals surface area contributed by atoms with Crippen molar-refractivity contribution in [1.29, 1.82) is 0 Å². The van der Waals surface area contributed by atoms with Gasteiger partial charge in [0, 0.05) is 32.3 Å². The maximum Gasteiger partial charge on any atom is 0.270 e. The van der Waals surface area contributed by atoms with Gasteiger partial charge in [-0.3, -0.25) is 9.59 Å². The first-order chi connectivity index (χ1) is 9.70.